The van der Waals surface area contributed by atoms with E-state index in [1.165, 1.54) is 6.07 Å². The van der Waals surface area contributed by atoms with Gasteiger partial charge in [-0.2, -0.15) is 0 Å². The van der Waals surface area contributed by atoms with Gasteiger partial charge in [0.05, 0.1) is 5.92 Å². The molecule has 1 fully saturated rings. The maximum Gasteiger partial charge on any atom is 0.314 e. The Labute approximate surface area is 165 Å². The molecular weight excluding hydrogens is 412 g/mol. The third-order valence-corrected chi connectivity index (χ3v) is 5.07. The summed E-state index contributed by atoms with van der Waals surface area (Å²) in [5.41, 5.74) is 6.15. The van der Waals surface area contributed by atoms with Crippen molar-refractivity contribution < 1.29 is 19.1 Å². The summed E-state index contributed by atoms with van der Waals surface area (Å²) in [4.78, 5) is 37.9. The molecular formula is C20H19BrN2O4. The number of hydrogen-bond acceptors (Lipinski definition) is 4. The van der Waals surface area contributed by atoms with Gasteiger partial charge in [-0.15, -0.1) is 0 Å². The van der Waals surface area contributed by atoms with Crippen LogP contribution in [0.4, 0.5) is 0 Å². The SMILES string of the molecule is NC(=O)c1cccc(OC(=O)C2CCN(C(=O)c3ccc(Br)cc3)CC2)c1. The molecule has 7 heteroatoms. The van der Waals surface area contributed by atoms with E-state index in [1.807, 2.05) is 12.1 Å². The second kappa shape index (κ2) is 8.35. The van der Waals surface area contributed by atoms with Crippen LogP contribution in [0.3, 0.4) is 0 Å². The van der Waals surface area contributed by atoms with Crippen molar-refractivity contribution in [2.45, 2.75) is 12.8 Å². The van der Waals surface area contributed by atoms with Crippen LogP contribution in [-0.4, -0.2) is 35.8 Å². The highest BCUT2D eigenvalue weighted by Gasteiger charge is 2.29. The first-order valence-electron chi connectivity index (χ1n) is 8.60. The number of amides is 2. The summed E-state index contributed by atoms with van der Waals surface area (Å²) in [5, 5.41) is 0. The molecule has 1 saturated heterocycles. The highest BCUT2D eigenvalue weighted by molar-refractivity contribution is 9.10. The zero-order valence-corrected chi connectivity index (χ0v) is 16.1. The van der Waals surface area contributed by atoms with Gasteiger partial charge >= 0.3 is 5.97 Å². The van der Waals surface area contributed by atoms with Crippen molar-refractivity contribution in [2.24, 2.45) is 11.7 Å². The molecule has 0 atom stereocenters. The molecule has 1 aliphatic rings. The Bertz CT molecular complexity index is 859. The quantitative estimate of drug-likeness (QED) is 0.596. The average Bonchev–Trinajstić information content (AvgIpc) is 2.68. The largest absolute Gasteiger partial charge is 0.426 e. The van der Waals surface area contributed by atoms with E-state index in [9.17, 15) is 14.4 Å². The Hall–Kier alpha value is -2.67. The fraction of sp³-hybridized carbons (Fsp3) is 0.250. The summed E-state index contributed by atoms with van der Waals surface area (Å²) in [5.74, 6) is -0.954. The second-order valence-corrected chi connectivity index (χ2v) is 7.30. The van der Waals surface area contributed by atoms with E-state index >= 15 is 0 Å². The summed E-state index contributed by atoms with van der Waals surface area (Å²) < 4.78 is 6.30. The van der Waals surface area contributed by atoms with Crippen molar-refractivity contribution in [3.8, 4) is 5.75 Å². The lowest BCUT2D eigenvalue weighted by molar-refractivity contribution is -0.140. The second-order valence-electron chi connectivity index (χ2n) is 6.39. The standard InChI is InChI=1S/C20H19BrN2O4/c21-16-6-4-13(5-7-16)19(25)23-10-8-14(9-11-23)20(26)27-17-3-1-2-15(12-17)18(22)24/h1-7,12,14H,8-11H2,(H2,22,24). The Morgan fingerprint density at radius 3 is 2.30 bits per heavy atom. The molecule has 2 amide bonds. The number of esters is 1. The van der Waals surface area contributed by atoms with Crippen molar-refractivity contribution in [3.05, 3.63) is 64.1 Å². The molecule has 0 aliphatic carbocycles. The molecule has 1 aliphatic heterocycles. The van der Waals surface area contributed by atoms with Crippen LogP contribution in [0.2, 0.25) is 0 Å². The van der Waals surface area contributed by atoms with Crippen LogP contribution in [0.15, 0.2) is 53.0 Å². The number of nitrogens with zero attached hydrogens (tertiary/aromatic N) is 1. The first kappa shape index (κ1) is 19.1. The van der Waals surface area contributed by atoms with Gasteiger partial charge in [0.2, 0.25) is 5.91 Å². The zero-order chi connectivity index (χ0) is 19.4. The molecule has 6 nitrogen and oxygen atoms in total. The van der Waals surface area contributed by atoms with Gasteiger partial charge in [-0.3, -0.25) is 14.4 Å². The van der Waals surface area contributed by atoms with Gasteiger partial charge in [0.25, 0.3) is 5.91 Å². The Morgan fingerprint density at radius 1 is 1.00 bits per heavy atom. The molecule has 0 bridgehead atoms. The molecule has 0 radical (unpaired) electrons. The Morgan fingerprint density at radius 2 is 1.67 bits per heavy atom. The average molecular weight is 431 g/mol. The lowest BCUT2D eigenvalue weighted by Crippen LogP contribution is -2.41. The Kier molecular flexibility index (Phi) is 5.91. The van der Waals surface area contributed by atoms with Crippen LogP contribution >= 0.6 is 15.9 Å². The molecule has 0 saturated carbocycles. The van der Waals surface area contributed by atoms with Crippen LogP contribution in [0.1, 0.15) is 33.6 Å². The first-order chi connectivity index (χ1) is 12.9. The lowest BCUT2D eigenvalue weighted by atomic mass is 9.96. The number of hydrogen-bond donors (Lipinski definition) is 1. The number of nitrogens with two attached hydrogens (primary N) is 1. The lowest BCUT2D eigenvalue weighted by Gasteiger charge is -2.31. The number of likely N-dealkylation sites (tertiary alicyclic amines) is 1. The number of rotatable bonds is 4. The molecule has 2 aromatic carbocycles. The van der Waals surface area contributed by atoms with Crippen LogP contribution in [-0.2, 0) is 4.79 Å². The van der Waals surface area contributed by atoms with Crippen molar-refractivity contribution in [3.63, 3.8) is 0 Å². The Balaban J connectivity index is 1.56. The number of halogens is 1. The smallest absolute Gasteiger partial charge is 0.314 e. The summed E-state index contributed by atoms with van der Waals surface area (Å²) in [7, 11) is 0. The topological polar surface area (TPSA) is 89.7 Å². The third-order valence-electron chi connectivity index (χ3n) is 4.54. The number of piperidine rings is 1. The fourth-order valence-electron chi connectivity index (χ4n) is 3.01. The first-order valence-corrected chi connectivity index (χ1v) is 9.40. The van der Waals surface area contributed by atoms with Crippen molar-refractivity contribution >= 4 is 33.7 Å². The fourth-order valence-corrected chi connectivity index (χ4v) is 3.27. The van der Waals surface area contributed by atoms with Crippen LogP contribution < -0.4 is 10.5 Å². The van der Waals surface area contributed by atoms with Gasteiger partial charge in [0, 0.05) is 28.7 Å². The molecule has 140 valence electrons. The van der Waals surface area contributed by atoms with Gasteiger partial charge in [0.15, 0.2) is 0 Å². The van der Waals surface area contributed by atoms with Gasteiger partial charge in [-0.1, -0.05) is 22.0 Å². The van der Waals surface area contributed by atoms with E-state index in [4.69, 9.17) is 10.5 Å². The van der Waals surface area contributed by atoms with E-state index in [2.05, 4.69) is 15.9 Å². The predicted octanol–water partition coefficient (Wildman–Crippen LogP) is 3.01. The van der Waals surface area contributed by atoms with E-state index in [1.54, 1.807) is 35.2 Å². The summed E-state index contributed by atoms with van der Waals surface area (Å²) >= 11 is 3.35. The minimum Gasteiger partial charge on any atom is -0.426 e. The number of carbonyl (C=O) groups excluding carboxylic acids is 3. The maximum absolute atomic E-state index is 12.5. The molecule has 0 spiro atoms. The molecule has 27 heavy (non-hydrogen) atoms. The summed E-state index contributed by atoms with van der Waals surface area (Å²) in [6.07, 6.45) is 1.08. The molecule has 0 aromatic heterocycles. The number of carbonyl (C=O) groups is 3. The van der Waals surface area contributed by atoms with Gasteiger partial charge in [-0.25, -0.2) is 0 Å². The molecule has 2 N–H and O–H groups in total. The minimum absolute atomic E-state index is 0.0384. The highest BCUT2D eigenvalue weighted by Crippen LogP contribution is 2.23. The van der Waals surface area contributed by atoms with Crippen LogP contribution in [0.25, 0.3) is 0 Å². The number of primary amides is 1. The molecule has 0 unspecified atom stereocenters. The number of benzene rings is 2. The number of ether oxygens (including phenoxy) is 1. The van der Waals surface area contributed by atoms with Crippen molar-refractivity contribution in [1.29, 1.82) is 0 Å². The maximum atomic E-state index is 12.5. The van der Waals surface area contributed by atoms with Crippen molar-refractivity contribution in [2.75, 3.05) is 13.1 Å². The van der Waals surface area contributed by atoms with Gasteiger partial charge in [0.1, 0.15) is 5.75 Å². The predicted molar refractivity (Wildman–Crippen MR) is 103 cm³/mol. The third kappa shape index (κ3) is 4.74. The van der Waals surface area contributed by atoms with E-state index in [0.717, 1.165) is 4.47 Å². The van der Waals surface area contributed by atoms with E-state index < -0.39 is 5.91 Å². The molecule has 3 rings (SSSR count). The highest BCUT2D eigenvalue weighted by atomic mass is 79.9. The summed E-state index contributed by atoms with van der Waals surface area (Å²) in [6, 6.07) is 13.4. The minimum atomic E-state index is -0.576. The van der Waals surface area contributed by atoms with Gasteiger partial charge in [-0.05, 0) is 55.3 Å². The van der Waals surface area contributed by atoms with E-state index in [0.29, 0.717) is 37.2 Å². The van der Waals surface area contributed by atoms with E-state index in [-0.39, 0.29) is 23.4 Å². The molecule has 1 heterocycles. The van der Waals surface area contributed by atoms with Crippen LogP contribution in [0.5, 0.6) is 5.75 Å². The normalized spacial score (nSPS) is 14.6. The monoisotopic (exact) mass is 430 g/mol. The zero-order valence-electron chi connectivity index (χ0n) is 14.6. The summed E-state index contributed by atoms with van der Waals surface area (Å²) in [6.45, 7) is 0.992. The van der Waals surface area contributed by atoms with Crippen LogP contribution in [0, 0.1) is 5.92 Å². The van der Waals surface area contributed by atoms with Gasteiger partial charge < -0.3 is 15.4 Å². The molecule has 2 aromatic rings. The van der Waals surface area contributed by atoms with Crippen molar-refractivity contribution in [1.82, 2.24) is 4.90 Å².